The van der Waals surface area contributed by atoms with Crippen LogP contribution in [0, 0.1) is 0 Å². The summed E-state index contributed by atoms with van der Waals surface area (Å²) in [6, 6.07) is 4.60. The summed E-state index contributed by atoms with van der Waals surface area (Å²) in [6.07, 6.45) is 6.42. The van der Waals surface area contributed by atoms with Gasteiger partial charge < -0.3 is 14.5 Å². The molecule has 126 valence electrons. The van der Waals surface area contributed by atoms with Gasteiger partial charge in [-0.25, -0.2) is 9.97 Å². The first-order valence-electron chi connectivity index (χ1n) is 8.48. The summed E-state index contributed by atoms with van der Waals surface area (Å²) in [7, 11) is 2.11. The SMILES string of the molecule is CN(c1ccncn1)C1CCN(c2cc3c(nn2)CCOC3)CC1. The van der Waals surface area contributed by atoms with Crippen LogP contribution in [0.3, 0.4) is 0 Å². The number of ether oxygens (including phenoxy) is 1. The van der Waals surface area contributed by atoms with Crippen molar-refractivity contribution in [2.75, 3.05) is 36.5 Å². The normalized spacial score (nSPS) is 18.3. The van der Waals surface area contributed by atoms with Crippen LogP contribution in [0.1, 0.15) is 24.1 Å². The van der Waals surface area contributed by atoms with Gasteiger partial charge in [0.25, 0.3) is 0 Å². The van der Waals surface area contributed by atoms with Gasteiger partial charge in [0.05, 0.1) is 18.9 Å². The predicted molar refractivity (Wildman–Crippen MR) is 91.1 cm³/mol. The topological polar surface area (TPSA) is 67.3 Å². The minimum atomic E-state index is 0.491. The molecule has 0 radical (unpaired) electrons. The van der Waals surface area contributed by atoms with E-state index >= 15 is 0 Å². The molecule has 0 N–H and O–H groups in total. The van der Waals surface area contributed by atoms with Crippen LogP contribution in [-0.2, 0) is 17.8 Å². The molecule has 4 heterocycles. The van der Waals surface area contributed by atoms with Crippen LogP contribution < -0.4 is 9.80 Å². The van der Waals surface area contributed by atoms with Gasteiger partial charge in [0.15, 0.2) is 5.82 Å². The highest BCUT2D eigenvalue weighted by atomic mass is 16.5. The number of hydrogen-bond acceptors (Lipinski definition) is 7. The first kappa shape index (κ1) is 15.3. The lowest BCUT2D eigenvalue weighted by atomic mass is 10.0. The van der Waals surface area contributed by atoms with E-state index in [2.05, 4.69) is 43.1 Å². The summed E-state index contributed by atoms with van der Waals surface area (Å²) >= 11 is 0. The molecule has 0 saturated carbocycles. The van der Waals surface area contributed by atoms with Crippen LogP contribution in [-0.4, -0.2) is 53.0 Å². The molecule has 0 spiro atoms. The molecule has 0 unspecified atom stereocenters. The third-order valence-corrected chi connectivity index (χ3v) is 4.95. The number of anilines is 2. The number of nitrogens with zero attached hydrogens (tertiary/aromatic N) is 6. The zero-order chi connectivity index (χ0) is 16.4. The highest BCUT2D eigenvalue weighted by molar-refractivity contribution is 5.43. The third-order valence-electron chi connectivity index (χ3n) is 4.95. The number of rotatable bonds is 3. The van der Waals surface area contributed by atoms with Gasteiger partial charge in [-0.1, -0.05) is 0 Å². The fraction of sp³-hybridized carbons (Fsp3) is 0.529. The van der Waals surface area contributed by atoms with Gasteiger partial charge in [0.2, 0.25) is 0 Å². The van der Waals surface area contributed by atoms with Gasteiger partial charge in [0, 0.05) is 44.4 Å². The fourth-order valence-corrected chi connectivity index (χ4v) is 3.45. The Hall–Kier alpha value is -2.28. The van der Waals surface area contributed by atoms with E-state index in [0.717, 1.165) is 56.3 Å². The first-order valence-corrected chi connectivity index (χ1v) is 8.48. The Morgan fingerprint density at radius 2 is 2.12 bits per heavy atom. The van der Waals surface area contributed by atoms with Crippen LogP contribution in [0.15, 0.2) is 24.7 Å². The average Bonchev–Trinajstić information content (AvgIpc) is 2.68. The molecule has 0 aromatic carbocycles. The molecule has 1 fully saturated rings. The zero-order valence-corrected chi connectivity index (χ0v) is 13.9. The van der Waals surface area contributed by atoms with Crippen molar-refractivity contribution in [1.82, 2.24) is 20.2 Å². The van der Waals surface area contributed by atoms with Crippen molar-refractivity contribution in [3.05, 3.63) is 35.9 Å². The van der Waals surface area contributed by atoms with Gasteiger partial charge in [-0.05, 0) is 25.0 Å². The molecular weight excluding hydrogens is 304 g/mol. The minimum absolute atomic E-state index is 0.491. The summed E-state index contributed by atoms with van der Waals surface area (Å²) < 4.78 is 5.53. The van der Waals surface area contributed by atoms with E-state index in [1.807, 2.05) is 6.07 Å². The fourth-order valence-electron chi connectivity index (χ4n) is 3.45. The Morgan fingerprint density at radius 3 is 2.92 bits per heavy atom. The maximum absolute atomic E-state index is 5.53. The van der Waals surface area contributed by atoms with E-state index in [1.165, 1.54) is 5.56 Å². The number of aromatic nitrogens is 4. The van der Waals surface area contributed by atoms with Crippen molar-refractivity contribution in [3.8, 4) is 0 Å². The van der Waals surface area contributed by atoms with Crippen LogP contribution in [0.4, 0.5) is 11.6 Å². The Bertz CT molecular complexity index is 687. The van der Waals surface area contributed by atoms with E-state index in [1.54, 1.807) is 12.5 Å². The molecule has 0 atom stereocenters. The lowest BCUT2D eigenvalue weighted by Gasteiger charge is -2.37. The van der Waals surface area contributed by atoms with Crippen molar-refractivity contribution in [3.63, 3.8) is 0 Å². The lowest BCUT2D eigenvalue weighted by Crippen LogP contribution is -2.44. The summed E-state index contributed by atoms with van der Waals surface area (Å²) in [5.41, 5.74) is 2.27. The number of fused-ring (bicyclic) bond motifs is 1. The standard InChI is InChI=1S/C17H22N6O/c1-22(16-2-6-18-12-19-16)14-3-7-23(8-4-14)17-10-13-11-24-9-5-15(13)20-21-17/h2,6,10,12,14H,3-5,7-9,11H2,1H3. The molecule has 0 aliphatic carbocycles. The average molecular weight is 326 g/mol. The van der Waals surface area contributed by atoms with Gasteiger partial charge >= 0.3 is 0 Å². The summed E-state index contributed by atoms with van der Waals surface area (Å²) in [4.78, 5) is 12.9. The molecule has 2 aliphatic heterocycles. The quantitative estimate of drug-likeness (QED) is 0.845. The van der Waals surface area contributed by atoms with Gasteiger partial charge in [-0.3, -0.25) is 0 Å². The monoisotopic (exact) mass is 326 g/mol. The highest BCUT2D eigenvalue weighted by Gasteiger charge is 2.25. The molecule has 7 heteroatoms. The maximum atomic E-state index is 5.53. The maximum Gasteiger partial charge on any atom is 0.151 e. The van der Waals surface area contributed by atoms with Crippen molar-refractivity contribution < 1.29 is 4.74 Å². The van der Waals surface area contributed by atoms with Crippen molar-refractivity contribution in [2.24, 2.45) is 0 Å². The Kier molecular flexibility index (Phi) is 4.25. The third kappa shape index (κ3) is 3.03. The predicted octanol–water partition coefficient (Wildman–Crippen LogP) is 1.44. The molecule has 0 amide bonds. The molecule has 2 aromatic heterocycles. The molecule has 0 bridgehead atoms. The Balaban J connectivity index is 1.41. The van der Waals surface area contributed by atoms with E-state index < -0.39 is 0 Å². The Morgan fingerprint density at radius 1 is 1.25 bits per heavy atom. The smallest absolute Gasteiger partial charge is 0.151 e. The van der Waals surface area contributed by atoms with Gasteiger partial charge in [-0.15, -0.1) is 5.10 Å². The molecule has 1 saturated heterocycles. The van der Waals surface area contributed by atoms with E-state index in [9.17, 15) is 0 Å². The summed E-state index contributed by atoms with van der Waals surface area (Å²) in [5, 5.41) is 8.83. The summed E-state index contributed by atoms with van der Waals surface area (Å²) in [5.74, 6) is 1.96. The minimum Gasteiger partial charge on any atom is -0.376 e. The first-order chi connectivity index (χ1) is 11.8. The van der Waals surface area contributed by atoms with Crippen LogP contribution in [0.2, 0.25) is 0 Å². The lowest BCUT2D eigenvalue weighted by molar-refractivity contribution is 0.109. The second-order valence-corrected chi connectivity index (χ2v) is 6.37. The summed E-state index contributed by atoms with van der Waals surface area (Å²) in [6.45, 7) is 3.37. The molecule has 4 rings (SSSR count). The van der Waals surface area contributed by atoms with Crippen molar-refractivity contribution in [1.29, 1.82) is 0 Å². The zero-order valence-electron chi connectivity index (χ0n) is 13.9. The molecule has 24 heavy (non-hydrogen) atoms. The van der Waals surface area contributed by atoms with E-state index in [4.69, 9.17) is 4.74 Å². The highest BCUT2D eigenvalue weighted by Crippen LogP contribution is 2.25. The number of piperidine rings is 1. The van der Waals surface area contributed by atoms with E-state index in [0.29, 0.717) is 12.6 Å². The second-order valence-electron chi connectivity index (χ2n) is 6.37. The van der Waals surface area contributed by atoms with Crippen LogP contribution in [0.5, 0.6) is 0 Å². The van der Waals surface area contributed by atoms with Crippen LogP contribution in [0.25, 0.3) is 0 Å². The molecule has 2 aliphatic rings. The Labute approximate surface area is 141 Å². The van der Waals surface area contributed by atoms with Crippen molar-refractivity contribution >= 4 is 11.6 Å². The molecule has 2 aromatic rings. The largest absolute Gasteiger partial charge is 0.376 e. The van der Waals surface area contributed by atoms with E-state index in [-0.39, 0.29) is 0 Å². The van der Waals surface area contributed by atoms with Crippen LogP contribution >= 0.6 is 0 Å². The van der Waals surface area contributed by atoms with Gasteiger partial charge in [0.1, 0.15) is 12.1 Å². The number of hydrogen-bond donors (Lipinski definition) is 0. The molecule has 7 nitrogen and oxygen atoms in total. The van der Waals surface area contributed by atoms with Gasteiger partial charge in [-0.2, -0.15) is 5.10 Å². The second kappa shape index (κ2) is 6.68. The van der Waals surface area contributed by atoms with Crippen molar-refractivity contribution in [2.45, 2.75) is 31.9 Å². The molecular formula is C17H22N6O.